The van der Waals surface area contributed by atoms with E-state index in [0.717, 1.165) is 47.3 Å². The van der Waals surface area contributed by atoms with E-state index in [0.29, 0.717) is 31.1 Å². The van der Waals surface area contributed by atoms with E-state index < -0.39 is 15.9 Å². The summed E-state index contributed by atoms with van der Waals surface area (Å²) in [6, 6.07) is 12.1. The number of hydroxylamine groups is 1. The average molecular weight is 473 g/mol. The van der Waals surface area contributed by atoms with Gasteiger partial charge in [-0.25, -0.2) is 12.7 Å². The molecule has 178 valence electrons. The molecule has 2 aromatic carbocycles. The number of benzene rings is 2. The van der Waals surface area contributed by atoms with Gasteiger partial charge in [-0.1, -0.05) is 24.3 Å². The minimum Gasteiger partial charge on any atom is -0.384 e. The van der Waals surface area contributed by atoms with Crippen LogP contribution in [-0.4, -0.2) is 51.1 Å². The molecule has 2 aromatic rings. The molecule has 1 saturated heterocycles. The van der Waals surface area contributed by atoms with Crippen molar-refractivity contribution in [2.45, 2.75) is 32.2 Å². The number of fused-ring (bicyclic) bond motifs is 1. The normalized spacial score (nSPS) is 19.3. The van der Waals surface area contributed by atoms with Crippen molar-refractivity contribution in [2.75, 3.05) is 37.8 Å². The fraction of sp³-hybridized carbons (Fsp3) is 0.458. The minimum atomic E-state index is -3.15. The predicted molar refractivity (Wildman–Crippen MR) is 129 cm³/mol. The highest BCUT2D eigenvalue weighted by Gasteiger charge is 2.36. The number of nitrogens with zero attached hydrogens (tertiary/aromatic N) is 1. The first kappa shape index (κ1) is 23.7. The third kappa shape index (κ3) is 4.91. The van der Waals surface area contributed by atoms with E-state index in [2.05, 4.69) is 16.9 Å². The van der Waals surface area contributed by atoms with E-state index in [-0.39, 0.29) is 11.7 Å². The molecule has 4 rings (SSSR count). The number of anilines is 1. The van der Waals surface area contributed by atoms with Crippen LogP contribution in [0.15, 0.2) is 36.4 Å². The van der Waals surface area contributed by atoms with Crippen LogP contribution in [0.2, 0.25) is 0 Å². The third-order valence-corrected chi connectivity index (χ3v) is 8.75. The monoisotopic (exact) mass is 472 g/mol. The molecule has 33 heavy (non-hydrogen) atoms. The molecule has 1 atom stereocenters. The van der Waals surface area contributed by atoms with Gasteiger partial charge in [0.15, 0.2) is 0 Å². The zero-order chi connectivity index (χ0) is 23.6. The minimum absolute atomic E-state index is 0.136. The lowest BCUT2D eigenvalue weighted by Crippen LogP contribution is -2.40. The number of amides is 1. The summed E-state index contributed by atoms with van der Waals surface area (Å²) in [6.45, 7) is 4.11. The van der Waals surface area contributed by atoms with Crippen LogP contribution >= 0.6 is 0 Å². The number of primary amides is 1. The van der Waals surface area contributed by atoms with Crippen LogP contribution < -0.4 is 16.5 Å². The number of nitrogens with two attached hydrogens (primary N) is 1. The van der Waals surface area contributed by atoms with Crippen molar-refractivity contribution in [2.24, 2.45) is 11.7 Å². The highest BCUT2D eigenvalue weighted by molar-refractivity contribution is 7.89. The Morgan fingerprint density at radius 1 is 1.18 bits per heavy atom. The molecule has 0 saturated carbocycles. The van der Waals surface area contributed by atoms with Gasteiger partial charge in [0, 0.05) is 32.1 Å². The van der Waals surface area contributed by atoms with E-state index in [1.54, 1.807) is 18.3 Å². The van der Waals surface area contributed by atoms with E-state index in [9.17, 15) is 13.2 Å². The van der Waals surface area contributed by atoms with Crippen molar-refractivity contribution in [3.63, 3.8) is 0 Å². The highest BCUT2D eigenvalue weighted by atomic mass is 32.2. The lowest BCUT2D eigenvalue weighted by molar-refractivity contribution is 0.0867. The first-order valence-corrected chi connectivity index (χ1v) is 13.0. The summed E-state index contributed by atoms with van der Waals surface area (Å²) in [5, 5.41) is 3.41. The average Bonchev–Trinajstić information content (AvgIpc) is 3.26. The number of hydrogen-bond acceptors (Lipinski definition) is 6. The standard InChI is InChI=1S/C24H32N4O4S/c1-3-33(30,31)28-10-8-18(9-11-28)22-15-26-23-20(22)12-19(13-21(23)24(25)29)17-6-4-16(5-7-17)14-27-32-2/h4-7,12-13,18,22,26-27H,3,8-11,14-15H2,1-2H3,(H2,25,29). The molecule has 0 aromatic heterocycles. The molecular weight excluding hydrogens is 440 g/mol. The Labute approximate surface area is 195 Å². The molecule has 1 amide bonds. The number of sulfonamides is 1. The first-order valence-electron chi connectivity index (χ1n) is 11.4. The van der Waals surface area contributed by atoms with Gasteiger partial charge in [0.2, 0.25) is 10.0 Å². The summed E-state index contributed by atoms with van der Waals surface area (Å²) in [5.41, 5.74) is 14.0. The second kappa shape index (κ2) is 9.80. The predicted octanol–water partition coefficient (Wildman–Crippen LogP) is 2.67. The lowest BCUT2D eigenvalue weighted by Gasteiger charge is -2.34. The van der Waals surface area contributed by atoms with Gasteiger partial charge in [-0.2, -0.15) is 5.48 Å². The number of nitrogens with one attached hydrogen (secondary N) is 2. The summed E-state index contributed by atoms with van der Waals surface area (Å²) >= 11 is 0. The largest absolute Gasteiger partial charge is 0.384 e. The number of carbonyl (C=O) groups is 1. The van der Waals surface area contributed by atoms with Crippen molar-refractivity contribution in [3.05, 3.63) is 53.1 Å². The molecule has 4 N–H and O–H groups in total. The summed E-state index contributed by atoms with van der Waals surface area (Å²) in [7, 11) is -1.57. The Bertz CT molecular complexity index is 1110. The number of hydrogen-bond donors (Lipinski definition) is 3. The van der Waals surface area contributed by atoms with Gasteiger partial charge in [-0.15, -0.1) is 0 Å². The zero-order valence-electron chi connectivity index (χ0n) is 19.1. The molecule has 0 bridgehead atoms. The maximum absolute atomic E-state index is 12.3. The van der Waals surface area contributed by atoms with Crippen molar-refractivity contribution in [1.29, 1.82) is 0 Å². The van der Waals surface area contributed by atoms with Crippen LogP contribution in [0.4, 0.5) is 5.69 Å². The molecule has 2 aliphatic rings. The lowest BCUT2D eigenvalue weighted by atomic mass is 9.80. The van der Waals surface area contributed by atoms with Crippen molar-refractivity contribution >= 4 is 21.6 Å². The van der Waals surface area contributed by atoms with Gasteiger partial charge >= 0.3 is 0 Å². The highest BCUT2D eigenvalue weighted by Crippen LogP contribution is 2.44. The van der Waals surface area contributed by atoms with Gasteiger partial charge in [0.25, 0.3) is 5.91 Å². The van der Waals surface area contributed by atoms with Gasteiger partial charge in [0.1, 0.15) is 0 Å². The Kier molecular flexibility index (Phi) is 7.04. The van der Waals surface area contributed by atoms with Crippen LogP contribution in [0.25, 0.3) is 11.1 Å². The first-order chi connectivity index (χ1) is 15.8. The molecule has 8 nitrogen and oxygen atoms in total. The van der Waals surface area contributed by atoms with Crippen LogP contribution in [0, 0.1) is 5.92 Å². The van der Waals surface area contributed by atoms with Crippen LogP contribution in [0.3, 0.4) is 0 Å². The maximum Gasteiger partial charge on any atom is 0.250 e. The van der Waals surface area contributed by atoms with E-state index in [1.165, 1.54) is 0 Å². The second-order valence-corrected chi connectivity index (χ2v) is 11.0. The van der Waals surface area contributed by atoms with Gasteiger partial charge in [-0.05, 0) is 60.1 Å². The van der Waals surface area contributed by atoms with Crippen LogP contribution in [0.5, 0.6) is 0 Å². The summed E-state index contributed by atoms with van der Waals surface area (Å²) in [5.74, 6) is 0.248. The number of carbonyl (C=O) groups excluding carboxylic acids is 1. The molecule has 0 spiro atoms. The fourth-order valence-corrected chi connectivity index (χ4v) is 6.10. The summed E-state index contributed by atoms with van der Waals surface area (Å²) in [4.78, 5) is 17.2. The topological polar surface area (TPSA) is 114 Å². The molecule has 0 radical (unpaired) electrons. The molecule has 2 heterocycles. The van der Waals surface area contributed by atoms with E-state index >= 15 is 0 Å². The Morgan fingerprint density at radius 2 is 1.88 bits per heavy atom. The molecule has 1 unspecified atom stereocenters. The Balaban J connectivity index is 1.61. The summed E-state index contributed by atoms with van der Waals surface area (Å²) in [6.07, 6.45) is 1.62. The van der Waals surface area contributed by atoms with Gasteiger partial charge < -0.3 is 15.9 Å². The number of rotatable bonds is 8. The third-order valence-electron chi connectivity index (χ3n) is 6.87. The number of piperidine rings is 1. The Morgan fingerprint density at radius 3 is 2.48 bits per heavy atom. The van der Waals surface area contributed by atoms with E-state index in [1.807, 2.05) is 30.3 Å². The Hall–Kier alpha value is -2.46. The van der Waals surface area contributed by atoms with Crippen LogP contribution in [0.1, 0.15) is 47.2 Å². The van der Waals surface area contributed by atoms with Gasteiger partial charge in [0.05, 0.1) is 24.1 Å². The van der Waals surface area contributed by atoms with E-state index in [4.69, 9.17) is 10.6 Å². The second-order valence-electron chi connectivity index (χ2n) is 8.70. The SMILES string of the molecule is CCS(=O)(=O)N1CCC(C2CNc3c(C(N)=O)cc(-c4ccc(CNOC)cc4)cc32)CC1. The van der Waals surface area contributed by atoms with Crippen molar-refractivity contribution < 1.29 is 18.0 Å². The van der Waals surface area contributed by atoms with Gasteiger partial charge in [-0.3, -0.25) is 4.79 Å². The van der Waals surface area contributed by atoms with Crippen molar-refractivity contribution in [3.8, 4) is 11.1 Å². The maximum atomic E-state index is 12.3. The van der Waals surface area contributed by atoms with Crippen molar-refractivity contribution in [1.82, 2.24) is 9.79 Å². The molecule has 0 aliphatic carbocycles. The molecule has 1 fully saturated rings. The molecular formula is C24H32N4O4S. The zero-order valence-corrected chi connectivity index (χ0v) is 20.0. The quantitative estimate of drug-likeness (QED) is 0.509. The summed E-state index contributed by atoms with van der Waals surface area (Å²) < 4.78 is 26.1. The van der Waals surface area contributed by atoms with Crippen LogP contribution in [-0.2, 0) is 21.4 Å². The molecule has 9 heteroatoms. The fourth-order valence-electron chi connectivity index (χ4n) is 4.97. The smallest absolute Gasteiger partial charge is 0.250 e. The molecule has 2 aliphatic heterocycles.